The summed E-state index contributed by atoms with van der Waals surface area (Å²) in [7, 11) is 1.19. The number of methoxy groups -OCH3 is 1. The van der Waals surface area contributed by atoms with Crippen LogP contribution in [0.5, 0.6) is 0 Å². The van der Waals surface area contributed by atoms with Gasteiger partial charge in [-0.15, -0.1) is 0 Å². The molecule has 0 fully saturated rings. The number of ether oxygens (including phenoxy) is 1. The van der Waals surface area contributed by atoms with Crippen molar-refractivity contribution in [2.24, 2.45) is 4.99 Å². The number of nitrogens with zero attached hydrogens (tertiary/aromatic N) is 1. The number of rotatable bonds is 2. The van der Waals surface area contributed by atoms with Gasteiger partial charge in [-0.25, -0.2) is 14.0 Å². The molecule has 0 aliphatic heterocycles. The second-order valence-corrected chi connectivity index (χ2v) is 4.32. The number of hydrogen-bond acceptors (Lipinski definition) is 4. The van der Waals surface area contributed by atoms with Crippen molar-refractivity contribution < 1.29 is 18.7 Å². The summed E-state index contributed by atoms with van der Waals surface area (Å²) < 4.78 is 17.1. The maximum atomic E-state index is 12.7. The zero-order valence-corrected chi connectivity index (χ0v) is 11.8. The van der Waals surface area contributed by atoms with Gasteiger partial charge in [-0.2, -0.15) is 4.99 Å². The highest BCUT2D eigenvalue weighted by molar-refractivity contribution is 8.13. The fourth-order valence-corrected chi connectivity index (χ4v) is 1.54. The lowest BCUT2D eigenvalue weighted by molar-refractivity contribution is 0.182. The van der Waals surface area contributed by atoms with E-state index in [4.69, 9.17) is 0 Å². The van der Waals surface area contributed by atoms with Crippen LogP contribution >= 0.6 is 11.8 Å². The minimum Gasteiger partial charge on any atom is -0.451 e. The molecule has 0 aliphatic rings. The zero-order chi connectivity index (χ0) is 15.0. The first-order valence-electron chi connectivity index (χ1n) is 5.55. The van der Waals surface area contributed by atoms with Gasteiger partial charge in [-0.3, -0.25) is 5.32 Å². The van der Waals surface area contributed by atoms with E-state index in [2.05, 4.69) is 20.4 Å². The summed E-state index contributed by atoms with van der Waals surface area (Å²) in [5, 5.41) is 5.08. The van der Waals surface area contributed by atoms with Gasteiger partial charge in [0.05, 0.1) is 7.11 Å². The van der Waals surface area contributed by atoms with Gasteiger partial charge in [0.1, 0.15) is 5.82 Å². The number of carbonyl (C=O) groups is 2. The summed E-state index contributed by atoms with van der Waals surface area (Å²) in [5.74, 6) is -0.340. The molecule has 108 valence electrons. The summed E-state index contributed by atoms with van der Waals surface area (Å²) in [6.07, 6.45) is 0.857. The van der Waals surface area contributed by atoms with E-state index in [0.717, 1.165) is 17.3 Å². The molecule has 20 heavy (non-hydrogen) atoms. The molecule has 0 unspecified atom stereocenters. The molecule has 1 aromatic carbocycles. The normalized spacial score (nSPS) is 10.8. The molecule has 0 heterocycles. The van der Waals surface area contributed by atoms with Crippen LogP contribution in [0.25, 0.3) is 0 Å². The van der Waals surface area contributed by atoms with Crippen LogP contribution in [0.1, 0.15) is 5.56 Å². The minimum atomic E-state index is -0.798. The molecule has 0 aliphatic carbocycles. The number of halogens is 1. The predicted octanol–water partition coefficient (Wildman–Crippen LogP) is 2.11. The largest absolute Gasteiger partial charge is 0.451 e. The van der Waals surface area contributed by atoms with Crippen molar-refractivity contribution >= 4 is 29.1 Å². The van der Waals surface area contributed by atoms with E-state index >= 15 is 0 Å². The van der Waals surface area contributed by atoms with Crippen LogP contribution in [0, 0.1) is 5.82 Å². The number of amides is 3. The fourth-order valence-electron chi connectivity index (χ4n) is 1.18. The average molecular weight is 299 g/mol. The molecule has 0 atom stereocenters. The molecule has 3 amide bonds. The van der Waals surface area contributed by atoms with Crippen LogP contribution in [-0.4, -0.2) is 30.7 Å². The van der Waals surface area contributed by atoms with Gasteiger partial charge in [-0.1, -0.05) is 23.9 Å². The van der Waals surface area contributed by atoms with Crippen LogP contribution < -0.4 is 10.6 Å². The molecule has 0 saturated carbocycles. The van der Waals surface area contributed by atoms with Crippen LogP contribution in [-0.2, 0) is 11.3 Å². The Morgan fingerprint density at radius 1 is 1.35 bits per heavy atom. The van der Waals surface area contributed by atoms with Gasteiger partial charge in [0.15, 0.2) is 5.17 Å². The second-order valence-electron chi connectivity index (χ2n) is 3.53. The van der Waals surface area contributed by atoms with Crippen LogP contribution in [0.4, 0.5) is 14.0 Å². The first-order chi connectivity index (χ1) is 9.55. The Hall–Kier alpha value is -2.09. The number of carbonyl (C=O) groups excluding carboxylic acids is 2. The van der Waals surface area contributed by atoms with E-state index in [0.29, 0.717) is 0 Å². The van der Waals surface area contributed by atoms with Gasteiger partial charge in [0, 0.05) is 6.54 Å². The lowest BCUT2D eigenvalue weighted by Crippen LogP contribution is -2.38. The van der Waals surface area contributed by atoms with Gasteiger partial charge >= 0.3 is 12.1 Å². The van der Waals surface area contributed by atoms with Gasteiger partial charge in [0.2, 0.25) is 0 Å². The topological polar surface area (TPSA) is 79.8 Å². The molecular formula is C12H14FN3O3S. The van der Waals surface area contributed by atoms with E-state index in [1.807, 2.05) is 0 Å². The van der Waals surface area contributed by atoms with E-state index < -0.39 is 12.1 Å². The maximum absolute atomic E-state index is 12.7. The van der Waals surface area contributed by atoms with Crippen molar-refractivity contribution in [1.29, 1.82) is 0 Å². The number of benzene rings is 1. The Balaban J connectivity index is 2.48. The smallest absolute Gasteiger partial charge is 0.435 e. The molecule has 1 aromatic rings. The Morgan fingerprint density at radius 2 is 2.00 bits per heavy atom. The van der Waals surface area contributed by atoms with E-state index in [1.54, 1.807) is 18.4 Å². The lowest BCUT2D eigenvalue weighted by Gasteiger charge is -2.08. The van der Waals surface area contributed by atoms with Crippen molar-refractivity contribution in [3.05, 3.63) is 35.6 Å². The van der Waals surface area contributed by atoms with Crippen molar-refractivity contribution in [3.63, 3.8) is 0 Å². The van der Waals surface area contributed by atoms with Crippen LogP contribution in [0.2, 0.25) is 0 Å². The summed E-state index contributed by atoms with van der Waals surface area (Å²) in [6, 6.07) is 5.22. The van der Waals surface area contributed by atoms with Crippen molar-refractivity contribution in [1.82, 2.24) is 10.6 Å². The standard InChI is InChI=1S/C12H14FN3O3S/c1-19-12(18)16-11(20-2)15-10(17)14-7-8-3-5-9(13)6-4-8/h3-6H,7H2,1-2H3,(H2,14,15,16,17,18). The third-order valence-corrected chi connectivity index (χ3v) is 2.73. The van der Waals surface area contributed by atoms with Crippen LogP contribution in [0.3, 0.4) is 0 Å². The molecule has 6 nitrogen and oxygen atoms in total. The molecule has 0 saturated heterocycles. The van der Waals surface area contributed by atoms with Crippen molar-refractivity contribution in [2.45, 2.75) is 6.54 Å². The molecular weight excluding hydrogens is 285 g/mol. The Bertz CT molecular complexity index is 505. The van der Waals surface area contributed by atoms with E-state index in [1.165, 1.54) is 19.2 Å². The van der Waals surface area contributed by atoms with E-state index in [9.17, 15) is 14.0 Å². The Kier molecular flexibility index (Phi) is 6.51. The zero-order valence-electron chi connectivity index (χ0n) is 11.0. The minimum absolute atomic E-state index is 0.119. The van der Waals surface area contributed by atoms with Gasteiger partial charge in [-0.05, 0) is 24.0 Å². The number of hydrogen-bond donors (Lipinski definition) is 2. The van der Waals surface area contributed by atoms with Crippen molar-refractivity contribution in [2.75, 3.05) is 13.4 Å². The number of aliphatic imine (C=N–C) groups is 1. The molecule has 8 heteroatoms. The number of nitrogens with one attached hydrogen (secondary N) is 2. The lowest BCUT2D eigenvalue weighted by atomic mass is 10.2. The fraction of sp³-hybridized carbons (Fsp3) is 0.250. The number of thioether (sulfide) groups is 1. The highest BCUT2D eigenvalue weighted by atomic mass is 32.2. The number of amidine groups is 1. The van der Waals surface area contributed by atoms with Crippen LogP contribution in [0.15, 0.2) is 29.3 Å². The first kappa shape index (κ1) is 16.0. The summed E-state index contributed by atoms with van der Waals surface area (Å²) in [5.41, 5.74) is 0.747. The highest BCUT2D eigenvalue weighted by Crippen LogP contribution is 2.02. The molecule has 0 spiro atoms. The maximum Gasteiger partial charge on any atom is 0.435 e. The Morgan fingerprint density at radius 3 is 2.55 bits per heavy atom. The first-order valence-corrected chi connectivity index (χ1v) is 6.77. The Labute approximate surface area is 119 Å². The molecule has 0 bridgehead atoms. The summed E-state index contributed by atoms with van der Waals surface area (Å²) in [6.45, 7) is 0.228. The monoisotopic (exact) mass is 299 g/mol. The summed E-state index contributed by atoms with van der Waals surface area (Å²) >= 11 is 1.09. The third-order valence-electron chi connectivity index (χ3n) is 2.15. The predicted molar refractivity (Wildman–Crippen MR) is 75.1 cm³/mol. The van der Waals surface area contributed by atoms with Gasteiger partial charge in [0.25, 0.3) is 0 Å². The molecule has 0 radical (unpaired) electrons. The van der Waals surface area contributed by atoms with Crippen molar-refractivity contribution in [3.8, 4) is 0 Å². The molecule has 0 aromatic heterocycles. The average Bonchev–Trinajstić information content (AvgIpc) is 2.45. The molecule has 1 rings (SSSR count). The molecule has 2 N–H and O–H groups in total. The quantitative estimate of drug-likeness (QED) is 0.647. The third kappa shape index (κ3) is 5.70. The second kappa shape index (κ2) is 8.16. The van der Waals surface area contributed by atoms with E-state index in [-0.39, 0.29) is 17.5 Å². The SMILES string of the molecule is COC(=O)/N=C(/NC(=O)NCc1ccc(F)cc1)SC. The van der Waals surface area contributed by atoms with Gasteiger partial charge < -0.3 is 10.1 Å². The number of urea groups is 1. The summed E-state index contributed by atoms with van der Waals surface area (Å²) in [4.78, 5) is 26.0. The highest BCUT2D eigenvalue weighted by Gasteiger charge is 2.07.